The van der Waals surface area contributed by atoms with E-state index in [1.165, 1.54) is 21.5 Å². The van der Waals surface area contributed by atoms with E-state index in [0.717, 1.165) is 110 Å². The van der Waals surface area contributed by atoms with Crippen molar-refractivity contribution in [1.29, 1.82) is 0 Å². The van der Waals surface area contributed by atoms with Crippen LogP contribution in [0, 0.1) is 0 Å². The van der Waals surface area contributed by atoms with Gasteiger partial charge in [0.2, 0.25) is 0 Å². The zero-order valence-electron chi connectivity index (χ0n) is 35.0. The minimum Gasteiger partial charge on any atom is -0.456 e. The van der Waals surface area contributed by atoms with Crippen molar-refractivity contribution in [2.45, 2.75) is 0 Å². The van der Waals surface area contributed by atoms with E-state index in [9.17, 15) is 0 Å². The summed E-state index contributed by atoms with van der Waals surface area (Å²) < 4.78 is 21.7. The van der Waals surface area contributed by atoms with E-state index in [-0.39, 0.29) is 0 Å². The summed E-state index contributed by atoms with van der Waals surface area (Å²) in [7, 11) is 0. The molecule has 0 amide bonds. The monoisotopic (exact) mass is 844 g/mol. The third-order valence-electron chi connectivity index (χ3n) is 13.4. The number of hydrogen-bond acceptors (Lipinski definition) is 6. The van der Waals surface area contributed by atoms with Gasteiger partial charge in [-0.3, -0.25) is 0 Å². The molecule has 0 aliphatic carbocycles. The number of para-hydroxylation sites is 4. The summed E-state index contributed by atoms with van der Waals surface area (Å²) in [4.78, 5) is 15.9. The first-order valence-electron chi connectivity index (χ1n) is 22.1. The van der Waals surface area contributed by atoms with E-state index in [4.69, 9.17) is 28.2 Å². The molecule has 5 aromatic heterocycles. The second kappa shape index (κ2) is 13.2. The fraction of sp³-hybridized carbons (Fsp3) is 0. The number of aromatic nitrogens is 4. The molecule has 15 aromatic rings. The van der Waals surface area contributed by atoms with E-state index in [0.29, 0.717) is 17.5 Å². The van der Waals surface area contributed by atoms with Gasteiger partial charge in [-0.25, -0.2) is 15.0 Å². The lowest BCUT2D eigenvalue weighted by Gasteiger charge is -2.13. The number of benzene rings is 10. The molecule has 0 saturated carbocycles. The number of fused-ring (bicyclic) bond motifs is 15. The van der Waals surface area contributed by atoms with E-state index < -0.39 is 0 Å². The zero-order chi connectivity index (χ0) is 43.0. The first-order chi connectivity index (χ1) is 32.7. The Morgan fingerprint density at radius 1 is 0.318 bits per heavy atom. The maximum atomic E-state index is 6.86. The van der Waals surface area contributed by atoms with Gasteiger partial charge in [-0.2, -0.15) is 0 Å². The van der Waals surface area contributed by atoms with Crippen molar-refractivity contribution in [2.24, 2.45) is 0 Å². The van der Waals surface area contributed by atoms with Gasteiger partial charge in [-0.15, -0.1) is 0 Å². The lowest BCUT2D eigenvalue weighted by Crippen LogP contribution is -2.01. The van der Waals surface area contributed by atoms with Gasteiger partial charge < -0.3 is 17.8 Å². The zero-order valence-corrected chi connectivity index (χ0v) is 35.0. The van der Waals surface area contributed by atoms with Crippen LogP contribution in [0.5, 0.6) is 0 Å². The highest BCUT2D eigenvalue weighted by atomic mass is 16.3. The van der Waals surface area contributed by atoms with Gasteiger partial charge in [0.25, 0.3) is 0 Å². The van der Waals surface area contributed by atoms with Gasteiger partial charge in [-0.1, -0.05) is 103 Å². The molecular weight excluding hydrogens is 813 g/mol. The summed E-state index contributed by atoms with van der Waals surface area (Å²) >= 11 is 0. The standard InChI is InChI=1S/C59H32N4O3/c1-2-12-34-32-49-44(28-33(34)11-1)40-13-3-7-17-48(40)63(49)38-23-24-39-37(27-38)31-47(56-55(39)43-16-6-10-20-52(43)66-56)59-61-57(35-21-25-53-45(29-35)41-14-4-8-18-50(41)64-53)60-58(62-59)36-22-26-54-46(30-36)42-15-5-9-19-51(42)65-54/h1-32H. The summed E-state index contributed by atoms with van der Waals surface area (Å²) in [6, 6.07) is 67.6. The van der Waals surface area contributed by atoms with Crippen LogP contribution in [0.2, 0.25) is 0 Å². The van der Waals surface area contributed by atoms with E-state index in [1.807, 2.05) is 72.8 Å². The third kappa shape index (κ3) is 5.10. The SMILES string of the molecule is c1ccc2cc3c(cc2c1)c1ccccc1n3-c1ccc2c(c1)cc(-c1nc(-c3ccc4oc5ccccc5c4c3)nc(-c3ccc4oc5ccccc5c4c3)n1)c1oc3ccccc3c12. The molecule has 0 bridgehead atoms. The Labute approximate surface area is 374 Å². The molecule has 306 valence electrons. The highest BCUT2D eigenvalue weighted by Crippen LogP contribution is 2.43. The summed E-state index contributed by atoms with van der Waals surface area (Å²) in [6.45, 7) is 0. The Balaban J connectivity index is 1.01. The molecule has 0 saturated heterocycles. The molecular formula is C59H32N4O3. The lowest BCUT2D eigenvalue weighted by molar-refractivity contribution is 0.668. The molecule has 0 spiro atoms. The molecule has 66 heavy (non-hydrogen) atoms. The number of furan rings is 3. The molecule has 0 aliphatic heterocycles. The van der Waals surface area contributed by atoms with Crippen molar-refractivity contribution in [3.63, 3.8) is 0 Å². The fourth-order valence-corrected chi connectivity index (χ4v) is 10.3. The van der Waals surface area contributed by atoms with Crippen LogP contribution in [0.15, 0.2) is 207 Å². The molecule has 10 aromatic carbocycles. The summed E-state index contributed by atoms with van der Waals surface area (Å²) in [5.41, 5.74) is 10.6. The smallest absolute Gasteiger partial charge is 0.167 e. The first kappa shape index (κ1) is 35.4. The van der Waals surface area contributed by atoms with E-state index in [1.54, 1.807) is 0 Å². The van der Waals surface area contributed by atoms with Gasteiger partial charge in [0, 0.05) is 59.9 Å². The molecule has 0 unspecified atom stereocenters. The van der Waals surface area contributed by atoms with Crippen molar-refractivity contribution in [3.05, 3.63) is 194 Å². The molecule has 5 heterocycles. The van der Waals surface area contributed by atoms with Gasteiger partial charge in [0.05, 0.1) is 16.6 Å². The second-order valence-corrected chi connectivity index (χ2v) is 17.1. The minimum absolute atomic E-state index is 0.504. The van der Waals surface area contributed by atoms with Crippen molar-refractivity contribution < 1.29 is 13.3 Å². The Hall–Kier alpha value is -9.07. The fourth-order valence-electron chi connectivity index (χ4n) is 10.3. The van der Waals surface area contributed by atoms with Crippen LogP contribution < -0.4 is 0 Å². The van der Waals surface area contributed by atoms with Gasteiger partial charge >= 0.3 is 0 Å². The van der Waals surface area contributed by atoms with Crippen molar-refractivity contribution in [1.82, 2.24) is 19.5 Å². The summed E-state index contributed by atoms with van der Waals surface area (Å²) in [5.74, 6) is 1.58. The predicted octanol–water partition coefficient (Wildman–Crippen LogP) is 16.0. The third-order valence-corrected chi connectivity index (χ3v) is 13.4. The largest absolute Gasteiger partial charge is 0.456 e. The van der Waals surface area contributed by atoms with Crippen LogP contribution in [-0.2, 0) is 0 Å². The quantitative estimate of drug-likeness (QED) is 0.175. The highest BCUT2D eigenvalue weighted by Gasteiger charge is 2.23. The average Bonchev–Trinajstić information content (AvgIpc) is 4.14. The van der Waals surface area contributed by atoms with Crippen LogP contribution >= 0.6 is 0 Å². The van der Waals surface area contributed by atoms with Crippen LogP contribution in [-0.4, -0.2) is 19.5 Å². The van der Waals surface area contributed by atoms with Crippen molar-refractivity contribution in [3.8, 4) is 39.9 Å². The molecule has 7 nitrogen and oxygen atoms in total. The van der Waals surface area contributed by atoms with Crippen LogP contribution in [0.3, 0.4) is 0 Å². The van der Waals surface area contributed by atoms with Crippen LogP contribution in [0.1, 0.15) is 0 Å². The van der Waals surface area contributed by atoms with E-state index >= 15 is 0 Å². The molecule has 7 heteroatoms. The average molecular weight is 845 g/mol. The summed E-state index contributed by atoms with van der Waals surface area (Å²) in [5, 5.41) is 13.1. The van der Waals surface area contributed by atoms with E-state index in [2.05, 4.69) is 126 Å². The Kier molecular flexibility index (Phi) is 7.10. The number of nitrogens with zero attached hydrogens (tertiary/aromatic N) is 4. The summed E-state index contributed by atoms with van der Waals surface area (Å²) in [6.07, 6.45) is 0. The van der Waals surface area contributed by atoms with Gasteiger partial charge in [-0.05, 0) is 113 Å². The predicted molar refractivity (Wildman–Crippen MR) is 267 cm³/mol. The first-order valence-corrected chi connectivity index (χ1v) is 22.1. The van der Waals surface area contributed by atoms with Gasteiger partial charge in [0.15, 0.2) is 17.5 Å². The Morgan fingerprint density at radius 3 is 1.55 bits per heavy atom. The molecule has 0 fully saturated rings. The minimum atomic E-state index is 0.504. The molecule has 0 aliphatic rings. The number of hydrogen-bond donors (Lipinski definition) is 0. The Bertz CT molecular complexity index is 4420. The van der Waals surface area contributed by atoms with Gasteiger partial charge in [0.1, 0.15) is 33.5 Å². The van der Waals surface area contributed by atoms with Crippen LogP contribution in [0.25, 0.3) is 149 Å². The molecule has 15 rings (SSSR count). The maximum absolute atomic E-state index is 6.86. The topological polar surface area (TPSA) is 83.0 Å². The molecule has 0 atom stereocenters. The lowest BCUT2D eigenvalue weighted by atomic mass is 9.99. The molecule has 0 N–H and O–H groups in total. The second-order valence-electron chi connectivity index (χ2n) is 17.1. The maximum Gasteiger partial charge on any atom is 0.167 e. The highest BCUT2D eigenvalue weighted by molar-refractivity contribution is 6.23. The Morgan fingerprint density at radius 2 is 0.864 bits per heavy atom. The van der Waals surface area contributed by atoms with Crippen LogP contribution in [0.4, 0.5) is 0 Å². The van der Waals surface area contributed by atoms with Crippen molar-refractivity contribution in [2.75, 3.05) is 0 Å². The number of rotatable bonds is 4. The van der Waals surface area contributed by atoms with Crippen molar-refractivity contribution >= 4 is 109 Å². The molecule has 0 radical (unpaired) electrons. The normalized spacial score (nSPS) is 12.2.